The monoisotopic (exact) mass is 354 g/mol. The zero-order valence-electron chi connectivity index (χ0n) is 13.6. The number of pyridine rings is 1. The summed E-state index contributed by atoms with van der Waals surface area (Å²) in [5, 5.41) is 4.97. The van der Waals surface area contributed by atoms with E-state index in [1.807, 2.05) is 49.6 Å². The number of thioether (sulfide) groups is 1. The van der Waals surface area contributed by atoms with Crippen molar-refractivity contribution in [3.8, 4) is 0 Å². The highest BCUT2D eigenvalue weighted by atomic mass is 32.2. The van der Waals surface area contributed by atoms with Crippen LogP contribution >= 0.6 is 23.1 Å². The molecular weight excluding hydrogens is 336 g/mol. The Kier molecular flexibility index (Phi) is 5.33. The molecule has 24 heavy (non-hydrogen) atoms. The van der Waals surface area contributed by atoms with E-state index in [1.54, 1.807) is 35.5 Å². The number of benzene rings is 1. The minimum absolute atomic E-state index is 0.0570. The lowest BCUT2D eigenvalue weighted by Crippen LogP contribution is -2.12. The molecule has 3 aromatic rings. The fraction of sp³-hybridized carbons (Fsp3) is 0.158. The van der Waals surface area contributed by atoms with Crippen LogP contribution in [0.1, 0.15) is 27.0 Å². The van der Waals surface area contributed by atoms with Crippen molar-refractivity contribution in [1.29, 1.82) is 0 Å². The minimum Gasteiger partial charge on any atom is -0.322 e. The smallest absolute Gasteiger partial charge is 0.257 e. The number of carbonyl (C=O) groups is 1. The van der Waals surface area contributed by atoms with Gasteiger partial charge in [-0.15, -0.1) is 23.1 Å². The van der Waals surface area contributed by atoms with Crippen LogP contribution in [0.25, 0.3) is 0 Å². The average molecular weight is 355 g/mol. The van der Waals surface area contributed by atoms with E-state index < -0.39 is 0 Å². The summed E-state index contributed by atoms with van der Waals surface area (Å²) in [4.78, 5) is 16.6. The average Bonchev–Trinajstić information content (AvgIpc) is 3.01. The van der Waals surface area contributed by atoms with Gasteiger partial charge >= 0.3 is 0 Å². The standard InChI is InChI=1S/C19H18N2OS2/c1-13-9-14(2)11-16(10-13)21-18(22)17-5-8-23-19(17)24-12-15-3-6-20-7-4-15/h3-11H,12H2,1-2H3,(H,21,22). The Morgan fingerprint density at radius 3 is 2.54 bits per heavy atom. The first-order valence-electron chi connectivity index (χ1n) is 7.60. The maximum absolute atomic E-state index is 12.6. The summed E-state index contributed by atoms with van der Waals surface area (Å²) >= 11 is 3.28. The second-order valence-corrected chi connectivity index (χ2v) is 7.76. The van der Waals surface area contributed by atoms with Gasteiger partial charge in [-0.05, 0) is 66.2 Å². The molecule has 1 N–H and O–H groups in total. The number of hydrogen-bond acceptors (Lipinski definition) is 4. The summed E-state index contributed by atoms with van der Waals surface area (Å²) in [5.74, 6) is 0.769. The van der Waals surface area contributed by atoms with Crippen LogP contribution in [0, 0.1) is 13.8 Å². The summed E-state index contributed by atoms with van der Waals surface area (Å²) < 4.78 is 1.04. The van der Waals surface area contributed by atoms with Crippen molar-refractivity contribution in [2.24, 2.45) is 0 Å². The molecule has 0 aliphatic carbocycles. The van der Waals surface area contributed by atoms with E-state index in [4.69, 9.17) is 0 Å². The van der Waals surface area contributed by atoms with Crippen LogP contribution < -0.4 is 5.32 Å². The predicted molar refractivity (Wildman–Crippen MR) is 102 cm³/mol. The Balaban J connectivity index is 1.71. The Bertz CT molecular complexity index is 823. The molecule has 122 valence electrons. The first-order chi connectivity index (χ1) is 11.6. The van der Waals surface area contributed by atoms with Gasteiger partial charge in [0.25, 0.3) is 5.91 Å². The van der Waals surface area contributed by atoms with Crippen LogP contribution in [0.15, 0.2) is 58.4 Å². The topological polar surface area (TPSA) is 42.0 Å². The Morgan fingerprint density at radius 2 is 1.83 bits per heavy atom. The molecule has 1 aromatic carbocycles. The number of hydrogen-bond donors (Lipinski definition) is 1. The largest absolute Gasteiger partial charge is 0.322 e. The van der Waals surface area contributed by atoms with Gasteiger partial charge in [-0.3, -0.25) is 9.78 Å². The Hall–Kier alpha value is -2.11. The number of anilines is 1. The van der Waals surface area contributed by atoms with Crippen molar-refractivity contribution in [3.63, 3.8) is 0 Å². The molecule has 0 saturated carbocycles. The van der Waals surface area contributed by atoms with E-state index in [9.17, 15) is 4.79 Å². The summed E-state index contributed by atoms with van der Waals surface area (Å²) in [6, 6.07) is 11.9. The van der Waals surface area contributed by atoms with E-state index in [0.29, 0.717) is 0 Å². The normalized spacial score (nSPS) is 10.6. The van der Waals surface area contributed by atoms with E-state index in [-0.39, 0.29) is 5.91 Å². The highest BCUT2D eigenvalue weighted by molar-refractivity contribution is 8.00. The van der Waals surface area contributed by atoms with E-state index in [1.165, 1.54) is 5.56 Å². The van der Waals surface area contributed by atoms with E-state index in [2.05, 4.69) is 16.4 Å². The van der Waals surface area contributed by atoms with Crippen molar-refractivity contribution in [2.45, 2.75) is 23.8 Å². The molecule has 0 unspecified atom stereocenters. The fourth-order valence-electron chi connectivity index (χ4n) is 2.45. The molecule has 3 rings (SSSR count). The second-order valence-electron chi connectivity index (χ2n) is 5.60. The first-order valence-corrected chi connectivity index (χ1v) is 9.47. The molecular formula is C19H18N2OS2. The quantitative estimate of drug-likeness (QED) is 0.632. The van der Waals surface area contributed by atoms with Crippen molar-refractivity contribution in [2.75, 3.05) is 5.32 Å². The van der Waals surface area contributed by atoms with E-state index in [0.717, 1.165) is 32.3 Å². The van der Waals surface area contributed by atoms with Crippen LogP contribution in [-0.2, 0) is 5.75 Å². The molecule has 5 heteroatoms. The van der Waals surface area contributed by atoms with Crippen molar-refractivity contribution in [1.82, 2.24) is 4.98 Å². The summed E-state index contributed by atoms with van der Waals surface area (Å²) in [6.07, 6.45) is 3.58. The lowest BCUT2D eigenvalue weighted by atomic mass is 10.1. The summed E-state index contributed by atoms with van der Waals surface area (Å²) in [5.41, 5.74) is 5.06. The van der Waals surface area contributed by atoms with Crippen molar-refractivity contribution >= 4 is 34.7 Å². The maximum Gasteiger partial charge on any atom is 0.257 e. The molecule has 0 saturated heterocycles. The Labute approximate surface area is 150 Å². The van der Waals surface area contributed by atoms with Gasteiger partial charge in [0.05, 0.1) is 9.77 Å². The summed E-state index contributed by atoms with van der Waals surface area (Å²) in [7, 11) is 0. The number of carbonyl (C=O) groups excluding carboxylic acids is 1. The Morgan fingerprint density at radius 1 is 1.12 bits per heavy atom. The van der Waals surface area contributed by atoms with Crippen LogP contribution in [-0.4, -0.2) is 10.9 Å². The van der Waals surface area contributed by atoms with Gasteiger partial charge in [0.15, 0.2) is 0 Å². The van der Waals surface area contributed by atoms with Gasteiger partial charge in [0, 0.05) is 23.8 Å². The zero-order chi connectivity index (χ0) is 16.9. The minimum atomic E-state index is -0.0570. The third kappa shape index (κ3) is 4.24. The van der Waals surface area contributed by atoms with Crippen LogP contribution in [0.2, 0.25) is 0 Å². The fourth-order valence-corrected chi connectivity index (χ4v) is 4.49. The number of nitrogens with zero attached hydrogens (tertiary/aromatic N) is 1. The number of rotatable bonds is 5. The van der Waals surface area contributed by atoms with Gasteiger partial charge in [0.1, 0.15) is 0 Å². The lowest BCUT2D eigenvalue weighted by Gasteiger charge is -2.08. The molecule has 0 fully saturated rings. The summed E-state index contributed by atoms with van der Waals surface area (Å²) in [6.45, 7) is 4.06. The molecule has 0 bridgehead atoms. The van der Waals surface area contributed by atoms with Crippen LogP contribution in [0.4, 0.5) is 5.69 Å². The third-order valence-electron chi connectivity index (χ3n) is 3.47. The van der Waals surface area contributed by atoms with Gasteiger partial charge in [-0.2, -0.15) is 0 Å². The van der Waals surface area contributed by atoms with Gasteiger partial charge in [-0.1, -0.05) is 6.07 Å². The maximum atomic E-state index is 12.6. The van der Waals surface area contributed by atoms with Gasteiger partial charge in [0.2, 0.25) is 0 Å². The highest BCUT2D eigenvalue weighted by Crippen LogP contribution is 2.32. The molecule has 1 amide bonds. The number of aromatic nitrogens is 1. The number of amides is 1. The molecule has 0 radical (unpaired) electrons. The molecule has 0 atom stereocenters. The molecule has 3 nitrogen and oxygen atoms in total. The molecule has 0 aliphatic rings. The number of nitrogens with one attached hydrogen (secondary N) is 1. The van der Waals surface area contributed by atoms with Crippen molar-refractivity contribution < 1.29 is 4.79 Å². The second kappa shape index (κ2) is 7.64. The number of thiophene rings is 1. The highest BCUT2D eigenvalue weighted by Gasteiger charge is 2.14. The molecule has 2 heterocycles. The van der Waals surface area contributed by atoms with Crippen LogP contribution in [0.3, 0.4) is 0 Å². The predicted octanol–water partition coefficient (Wildman–Crippen LogP) is 5.30. The molecule has 0 spiro atoms. The molecule has 0 aliphatic heterocycles. The van der Waals surface area contributed by atoms with Crippen molar-refractivity contribution in [3.05, 3.63) is 76.4 Å². The van der Waals surface area contributed by atoms with Gasteiger partial charge < -0.3 is 5.32 Å². The lowest BCUT2D eigenvalue weighted by molar-refractivity contribution is 0.102. The zero-order valence-corrected chi connectivity index (χ0v) is 15.2. The van der Waals surface area contributed by atoms with Gasteiger partial charge in [-0.25, -0.2) is 0 Å². The third-order valence-corrected chi connectivity index (χ3v) is 5.78. The van der Waals surface area contributed by atoms with Crippen LogP contribution in [0.5, 0.6) is 0 Å². The first kappa shape index (κ1) is 16.7. The molecule has 2 aromatic heterocycles. The van der Waals surface area contributed by atoms with E-state index >= 15 is 0 Å². The number of aryl methyl sites for hydroxylation is 2. The SMILES string of the molecule is Cc1cc(C)cc(NC(=O)c2ccsc2SCc2ccncc2)c1.